The van der Waals surface area contributed by atoms with Gasteiger partial charge in [0.2, 0.25) is 0 Å². The predicted octanol–water partition coefficient (Wildman–Crippen LogP) is 1.11. The lowest BCUT2D eigenvalue weighted by Crippen LogP contribution is -2.43. The van der Waals surface area contributed by atoms with Gasteiger partial charge < -0.3 is 30.4 Å². The summed E-state index contributed by atoms with van der Waals surface area (Å²) in [5, 5.41) is 33.8. The number of aliphatic hydroxyl groups is 3. The fourth-order valence-corrected chi connectivity index (χ4v) is 3.63. The van der Waals surface area contributed by atoms with Crippen molar-refractivity contribution >= 4 is 17.0 Å². The summed E-state index contributed by atoms with van der Waals surface area (Å²) in [7, 11) is 0. The lowest BCUT2D eigenvalue weighted by molar-refractivity contribution is -0.0673. The van der Waals surface area contributed by atoms with Crippen LogP contribution in [-0.2, 0) is 4.74 Å². The van der Waals surface area contributed by atoms with Crippen LogP contribution >= 0.6 is 0 Å². The number of hydrogen-bond donors (Lipinski definition) is 5. The molecule has 0 spiro atoms. The highest BCUT2D eigenvalue weighted by Gasteiger charge is 2.53. The molecule has 29 heavy (non-hydrogen) atoms. The molecule has 1 aliphatic heterocycles. The maximum absolute atomic E-state index is 10.7. The smallest absolute Gasteiger partial charge is 0.183 e. The molecule has 1 aliphatic rings. The molecule has 154 valence electrons. The second kappa shape index (κ2) is 7.68. The molecule has 0 aliphatic carbocycles. The van der Waals surface area contributed by atoms with Crippen molar-refractivity contribution in [1.82, 2.24) is 19.9 Å². The number of aromatic nitrogens is 4. The van der Waals surface area contributed by atoms with E-state index in [0.717, 1.165) is 0 Å². The first-order valence-corrected chi connectivity index (χ1v) is 9.58. The van der Waals surface area contributed by atoms with E-state index in [1.807, 2.05) is 18.2 Å². The number of fused-ring (bicyclic) bond motifs is 1. The molecule has 9 heteroatoms. The zero-order valence-electron chi connectivity index (χ0n) is 16.3. The number of anilines is 1. The summed E-state index contributed by atoms with van der Waals surface area (Å²) in [6, 6.07) is 10.1. The van der Waals surface area contributed by atoms with E-state index in [4.69, 9.17) is 4.74 Å². The van der Waals surface area contributed by atoms with Crippen molar-refractivity contribution < 1.29 is 20.1 Å². The largest absolute Gasteiger partial charge is 0.394 e. The van der Waals surface area contributed by atoms with Crippen molar-refractivity contribution in [2.45, 2.75) is 43.7 Å². The maximum Gasteiger partial charge on any atom is 0.183 e. The Balaban J connectivity index is 1.63. The molecule has 5 N–H and O–H groups in total. The third kappa shape index (κ3) is 3.58. The van der Waals surface area contributed by atoms with E-state index in [1.54, 1.807) is 0 Å². The summed E-state index contributed by atoms with van der Waals surface area (Å²) in [6.07, 6.45) is -1.65. The van der Waals surface area contributed by atoms with Crippen molar-refractivity contribution in [3.8, 4) is 0 Å². The van der Waals surface area contributed by atoms with Gasteiger partial charge in [-0.1, -0.05) is 37.3 Å². The summed E-state index contributed by atoms with van der Waals surface area (Å²) in [4.78, 5) is 16.2. The Morgan fingerprint density at radius 2 is 2.03 bits per heavy atom. The Morgan fingerprint density at radius 1 is 1.28 bits per heavy atom. The van der Waals surface area contributed by atoms with E-state index in [9.17, 15) is 15.3 Å². The molecule has 1 saturated heterocycles. The number of nitrogens with one attached hydrogen (secondary N) is 2. The van der Waals surface area contributed by atoms with Crippen LogP contribution in [-0.4, -0.2) is 66.2 Å². The lowest BCUT2D eigenvalue weighted by Gasteiger charge is -2.25. The van der Waals surface area contributed by atoms with Crippen LogP contribution in [0.1, 0.15) is 37.3 Å². The van der Waals surface area contributed by atoms with Gasteiger partial charge in [0, 0.05) is 6.54 Å². The van der Waals surface area contributed by atoms with Gasteiger partial charge in [-0.15, -0.1) is 0 Å². The number of aliphatic hydroxyl groups excluding tert-OH is 2. The first-order valence-electron chi connectivity index (χ1n) is 9.58. The Kier molecular flexibility index (Phi) is 5.22. The molecule has 0 radical (unpaired) electrons. The molecule has 0 amide bonds. The molecule has 2 unspecified atom stereocenters. The molecular formula is C20H25N5O4. The monoisotopic (exact) mass is 399 g/mol. The number of aromatic amines is 1. The predicted molar refractivity (Wildman–Crippen MR) is 106 cm³/mol. The summed E-state index contributed by atoms with van der Waals surface area (Å²) in [5.41, 5.74) is 0.620. The Labute approximate surface area is 167 Å². The van der Waals surface area contributed by atoms with E-state index >= 15 is 0 Å². The number of nitrogens with zero attached hydrogens (tertiary/aromatic N) is 3. The van der Waals surface area contributed by atoms with Crippen molar-refractivity contribution in [3.05, 3.63) is 48.0 Å². The summed E-state index contributed by atoms with van der Waals surface area (Å²) < 4.78 is 5.66. The number of imidazole rings is 1. The number of H-pyrrole nitrogens is 1. The summed E-state index contributed by atoms with van der Waals surface area (Å²) in [6.45, 7) is 3.76. The number of ether oxygens (including phenoxy) is 1. The van der Waals surface area contributed by atoms with Crippen LogP contribution in [0.3, 0.4) is 0 Å². The number of benzene rings is 1. The topological polar surface area (TPSA) is 136 Å². The highest BCUT2D eigenvalue weighted by molar-refractivity contribution is 5.82. The Bertz CT molecular complexity index is 977. The quantitative estimate of drug-likeness (QED) is 0.416. The first-order chi connectivity index (χ1) is 13.9. The fraction of sp³-hybridized carbons (Fsp3) is 0.450. The third-order valence-corrected chi connectivity index (χ3v) is 5.45. The van der Waals surface area contributed by atoms with Crippen LogP contribution in [0.25, 0.3) is 11.2 Å². The first kappa shape index (κ1) is 19.7. The number of rotatable bonds is 6. The molecule has 3 aromatic rings. The molecule has 0 saturated carbocycles. The van der Waals surface area contributed by atoms with Crippen molar-refractivity contribution in [2.75, 3.05) is 18.5 Å². The zero-order valence-corrected chi connectivity index (χ0v) is 16.3. The molecule has 0 bridgehead atoms. The van der Waals surface area contributed by atoms with Gasteiger partial charge in [0.1, 0.15) is 29.4 Å². The molecule has 1 aromatic carbocycles. The van der Waals surface area contributed by atoms with Gasteiger partial charge in [-0.05, 0) is 18.4 Å². The van der Waals surface area contributed by atoms with Crippen molar-refractivity contribution in [3.63, 3.8) is 0 Å². The average molecular weight is 399 g/mol. The van der Waals surface area contributed by atoms with Gasteiger partial charge in [0.15, 0.2) is 17.3 Å². The third-order valence-electron chi connectivity index (χ3n) is 5.45. The minimum Gasteiger partial charge on any atom is -0.394 e. The van der Waals surface area contributed by atoms with Crippen LogP contribution in [0.5, 0.6) is 0 Å². The summed E-state index contributed by atoms with van der Waals surface area (Å²) >= 11 is 0. The molecule has 4 rings (SSSR count). The van der Waals surface area contributed by atoms with E-state index in [1.165, 1.54) is 18.8 Å². The van der Waals surface area contributed by atoms with Crippen LogP contribution in [0.4, 0.5) is 5.82 Å². The Hall–Kier alpha value is -2.59. The highest BCUT2D eigenvalue weighted by Crippen LogP contribution is 2.40. The van der Waals surface area contributed by atoms with Crippen molar-refractivity contribution in [1.29, 1.82) is 0 Å². The molecule has 5 atom stereocenters. The molecule has 3 heterocycles. The average Bonchev–Trinajstić information content (AvgIpc) is 3.29. The Morgan fingerprint density at radius 3 is 2.72 bits per heavy atom. The molecule has 9 nitrogen and oxygen atoms in total. The standard InChI is InChI=1S/C20H25N5O4/c1-11(12-6-4-3-5-7-12)8-21-17-14-18(23-10-22-14)25-19(24-17)16-20(2,28)15(27)13(9-26)29-16/h3-7,10-11,13,15-16,26-28H,8-9H2,1-2H3,(H2,21,22,23,24,25)/t11?,13-,15-,16?,20-/m1/s1. The molecule has 1 fully saturated rings. The maximum atomic E-state index is 10.7. The normalized spacial score (nSPS) is 28.0. The van der Waals surface area contributed by atoms with Gasteiger partial charge >= 0.3 is 0 Å². The van der Waals surface area contributed by atoms with Gasteiger partial charge in [-0.25, -0.2) is 15.0 Å². The van der Waals surface area contributed by atoms with Crippen LogP contribution in [0.15, 0.2) is 36.7 Å². The van der Waals surface area contributed by atoms with E-state index < -0.39 is 30.5 Å². The fourth-order valence-electron chi connectivity index (χ4n) is 3.63. The van der Waals surface area contributed by atoms with E-state index in [2.05, 4.69) is 44.3 Å². The second-order valence-corrected chi connectivity index (χ2v) is 7.63. The zero-order chi connectivity index (χ0) is 20.6. The highest BCUT2D eigenvalue weighted by atomic mass is 16.6. The minimum absolute atomic E-state index is 0.194. The molecule has 2 aromatic heterocycles. The minimum atomic E-state index is -1.65. The van der Waals surface area contributed by atoms with Gasteiger partial charge in [0.05, 0.1) is 12.9 Å². The van der Waals surface area contributed by atoms with E-state index in [-0.39, 0.29) is 11.7 Å². The van der Waals surface area contributed by atoms with Gasteiger partial charge in [-0.2, -0.15) is 0 Å². The lowest BCUT2D eigenvalue weighted by atomic mass is 9.92. The molecular weight excluding hydrogens is 374 g/mol. The van der Waals surface area contributed by atoms with Gasteiger partial charge in [0.25, 0.3) is 0 Å². The van der Waals surface area contributed by atoms with E-state index in [0.29, 0.717) is 23.5 Å². The number of hydrogen-bond acceptors (Lipinski definition) is 8. The summed E-state index contributed by atoms with van der Waals surface area (Å²) in [5.74, 6) is 0.963. The SMILES string of the molecule is CC(CNc1nc(C2O[C@H](CO)[C@@H](O)[C@@]2(C)O)nc2nc[nH]c12)c1ccccc1. The van der Waals surface area contributed by atoms with Crippen LogP contribution in [0.2, 0.25) is 0 Å². The van der Waals surface area contributed by atoms with Crippen molar-refractivity contribution in [2.24, 2.45) is 0 Å². The van der Waals surface area contributed by atoms with Crippen LogP contribution < -0.4 is 5.32 Å². The van der Waals surface area contributed by atoms with Crippen LogP contribution in [0, 0.1) is 0 Å². The van der Waals surface area contributed by atoms with Gasteiger partial charge in [-0.3, -0.25) is 0 Å². The second-order valence-electron chi connectivity index (χ2n) is 7.63.